The lowest BCUT2D eigenvalue weighted by atomic mass is 10.4. The Bertz CT molecular complexity index is 116. The molecule has 1 unspecified atom stereocenters. The van der Waals surface area contributed by atoms with Gasteiger partial charge in [-0.05, 0) is 26.2 Å². The van der Waals surface area contributed by atoms with Crippen LogP contribution in [0.15, 0.2) is 0 Å². The van der Waals surface area contributed by atoms with Crippen LogP contribution in [-0.4, -0.2) is 33.4 Å². The molecule has 0 heterocycles. The van der Waals surface area contributed by atoms with Crippen LogP contribution in [0.5, 0.6) is 0 Å². The van der Waals surface area contributed by atoms with Gasteiger partial charge in [-0.15, -0.1) is 11.6 Å². The Hall–Kier alpha value is 0.427. The van der Waals surface area contributed by atoms with Gasteiger partial charge in [-0.1, -0.05) is 6.92 Å². The van der Waals surface area contributed by atoms with E-state index in [0.717, 1.165) is 13.1 Å². The van der Waals surface area contributed by atoms with E-state index in [1.165, 1.54) is 0 Å². The maximum absolute atomic E-state index is 5.83. The molecule has 74 valence electrons. The van der Waals surface area contributed by atoms with Crippen molar-refractivity contribution in [2.45, 2.75) is 32.7 Å². The summed E-state index contributed by atoms with van der Waals surface area (Å²) < 4.78 is 5.83. The average molecular weight is 210 g/mol. The molecule has 1 atom stereocenters. The first kappa shape index (κ1) is 12.4. The second-order valence-corrected chi connectivity index (χ2v) is 8.58. The first-order chi connectivity index (χ1) is 5.49. The van der Waals surface area contributed by atoms with Gasteiger partial charge < -0.3 is 9.74 Å². The van der Waals surface area contributed by atoms with Crippen LogP contribution in [0.2, 0.25) is 19.6 Å². The quantitative estimate of drug-likeness (QED) is 0.534. The standard InChI is InChI=1S/C8H20ClNOSi/c1-5-10-7-8(6-9)11-12(2,3)4/h8,10H,5-7H2,1-4H3. The Labute approximate surface area is 81.8 Å². The molecule has 0 radical (unpaired) electrons. The Morgan fingerprint density at radius 3 is 2.33 bits per heavy atom. The summed E-state index contributed by atoms with van der Waals surface area (Å²) in [5.74, 6) is 0.581. The summed E-state index contributed by atoms with van der Waals surface area (Å²) in [5.41, 5.74) is 0. The van der Waals surface area contributed by atoms with Gasteiger partial charge in [-0.3, -0.25) is 0 Å². The van der Waals surface area contributed by atoms with Crippen LogP contribution < -0.4 is 5.32 Å². The van der Waals surface area contributed by atoms with Gasteiger partial charge in [-0.2, -0.15) is 0 Å². The molecule has 0 aliphatic heterocycles. The van der Waals surface area contributed by atoms with Gasteiger partial charge in [0.15, 0.2) is 8.32 Å². The highest BCUT2D eigenvalue weighted by Gasteiger charge is 2.19. The van der Waals surface area contributed by atoms with Crippen LogP contribution in [0.4, 0.5) is 0 Å². The number of hydrogen-bond donors (Lipinski definition) is 1. The third-order valence-corrected chi connectivity index (χ3v) is 2.70. The lowest BCUT2D eigenvalue weighted by Gasteiger charge is -2.24. The van der Waals surface area contributed by atoms with Crippen molar-refractivity contribution in [3.05, 3.63) is 0 Å². The molecule has 12 heavy (non-hydrogen) atoms. The fraction of sp³-hybridized carbons (Fsp3) is 1.00. The van der Waals surface area contributed by atoms with E-state index in [-0.39, 0.29) is 6.10 Å². The van der Waals surface area contributed by atoms with Crippen molar-refractivity contribution in [2.24, 2.45) is 0 Å². The number of halogens is 1. The Morgan fingerprint density at radius 1 is 1.42 bits per heavy atom. The lowest BCUT2D eigenvalue weighted by Crippen LogP contribution is -2.39. The van der Waals surface area contributed by atoms with Crippen LogP contribution in [0.3, 0.4) is 0 Å². The third kappa shape index (κ3) is 7.10. The van der Waals surface area contributed by atoms with Crippen molar-refractivity contribution in [1.29, 1.82) is 0 Å². The van der Waals surface area contributed by atoms with Gasteiger partial charge in [0.2, 0.25) is 0 Å². The predicted molar refractivity (Wildman–Crippen MR) is 57.5 cm³/mol. The van der Waals surface area contributed by atoms with E-state index in [1.807, 2.05) is 0 Å². The van der Waals surface area contributed by atoms with Gasteiger partial charge in [0, 0.05) is 12.4 Å². The van der Waals surface area contributed by atoms with Gasteiger partial charge in [-0.25, -0.2) is 0 Å². The predicted octanol–water partition coefficient (Wildman–Crippen LogP) is 2.05. The molecule has 0 aromatic rings. The molecule has 0 saturated heterocycles. The van der Waals surface area contributed by atoms with Crippen molar-refractivity contribution >= 4 is 19.9 Å². The molecule has 0 saturated carbocycles. The largest absolute Gasteiger partial charge is 0.412 e. The molecule has 0 amide bonds. The lowest BCUT2D eigenvalue weighted by molar-refractivity contribution is 0.214. The zero-order chi connectivity index (χ0) is 9.61. The summed E-state index contributed by atoms with van der Waals surface area (Å²) in [6, 6.07) is 0. The minimum absolute atomic E-state index is 0.179. The molecule has 0 aromatic heterocycles. The minimum atomic E-state index is -1.42. The monoisotopic (exact) mass is 209 g/mol. The normalized spacial score (nSPS) is 14.8. The van der Waals surface area contributed by atoms with Gasteiger partial charge >= 0.3 is 0 Å². The maximum atomic E-state index is 5.83. The summed E-state index contributed by atoms with van der Waals surface area (Å²) in [4.78, 5) is 0. The SMILES string of the molecule is CCNCC(CCl)O[Si](C)(C)C. The second kappa shape index (κ2) is 5.97. The highest BCUT2D eigenvalue weighted by atomic mass is 35.5. The molecular formula is C8H20ClNOSi. The van der Waals surface area contributed by atoms with E-state index in [2.05, 4.69) is 31.9 Å². The van der Waals surface area contributed by atoms with Crippen molar-refractivity contribution in [2.75, 3.05) is 19.0 Å². The maximum Gasteiger partial charge on any atom is 0.184 e. The van der Waals surface area contributed by atoms with Gasteiger partial charge in [0.05, 0.1) is 6.10 Å². The number of likely N-dealkylation sites (N-methyl/N-ethyl adjacent to an activating group) is 1. The second-order valence-electron chi connectivity index (χ2n) is 3.81. The van der Waals surface area contributed by atoms with Crippen LogP contribution in [0, 0.1) is 0 Å². The fourth-order valence-electron chi connectivity index (χ4n) is 0.933. The smallest absolute Gasteiger partial charge is 0.184 e. The summed E-state index contributed by atoms with van der Waals surface area (Å²) in [5, 5.41) is 3.23. The molecule has 0 aliphatic rings. The molecule has 0 bridgehead atoms. The van der Waals surface area contributed by atoms with Crippen molar-refractivity contribution in [3.8, 4) is 0 Å². The molecule has 0 fully saturated rings. The summed E-state index contributed by atoms with van der Waals surface area (Å²) in [6.45, 7) is 10.5. The first-order valence-corrected chi connectivity index (χ1v) is 8.38. The zero-order valence-electron chi connectivity index (χ0n) is 8.48. The molecule has 0 spiro atoms. The van der Waals surface area contributed by atoms with Gasteiger partial charge in [0.1, 0.15) is 0 Å². The highest BCUT2D eigenvalue weighted by Crippen LogP contribution is 2.07. The van der Waals surface area contributed by atoms with E-state index in [4.69, 9.17) is 16.0 Å². The number of hydrogen-bond acceptors (Lipinski definition) is 2. The van der Waals surface area contributed by atoms with Crippen molar-refractivity contribution < 1.29 is 4.43 Å². The Balaban J connectivity index is 3.67. The summed E-state index contributed by atoms with van der Waals surface area (Å²) in [7, 11) is -1.42. The van der Waals surface area contributed by atoms with E-state index >= 15 is 0 Å². The van der Waals surface area contributed by atoms with Crippen molar-refractivity contribution in [1.82, 2.24) is 5.32 Å². The van der Waals surface area contributed by atoms with Crippen LogP contribution in [0.1, 0.15) is 6.92 Å². The molecule has 2 nitrogen and oxygen atoms in total. The molecule has 0 rings (SSSR count). The molecule has 4 heteroatoms. The first-order valence-electron chi connectivity index (χ1n) is 4.44. The Morgan fingerprint density at radius 2 is 2.00 bits per heavy atom. The fourth-order valence-corrected chi connectivity index (χ4v) is 2.38. The number of nitrogens with one attached hydrogen (secondary N) is 1. The molecule has 0 aliphatic carbocycles. The van der Waals surface area contributed by atoms with Crippen LogP contribution in [0.25, 0.3) is 0 Å². The average Bonchev–Trinajstić information content (AvgIpc) is 1.95. The molecule has 1 N–H and O–H groups in total. The van der Waals surface area contributed by atoms with Crippen LogP contribution in [-0.2, 0) is 4.43 Å². The van der Waals surface area contributed by atoms with Crippen LogP contribution >= 0.6 is 11.6 Å². The molecule has 0 aromatic carbocycles. The van der Waals surface area contributed by atoms with E-state index < -0.39 is 8.32 Å². The third-order valence-electron chi connectivity index (χ3n) is 1.31. The highest BCUT2D eigenvalue weighted by molar-refractivity contribution is 6.69. The molecular weight excluding hydrogens is 190 g/mol. The summed E-state index contributed by atoms with van der Waals surface area (Å²) >= 11 is 5.77. The number of rotatable bonds is 6. The van der Waals surface area contributed by atoms with Crippen molar-refractivity contribution in [3.63, 3.8) is 0 Å². The van der Waals surface area contributed by atoms with Gasteiger partial charge in [0.25, 0.3) is 0 Å². The Kier molecular flexibility index (Phi) is 6.18. The van der Waals surface area contributed by atoms with E-state index in [0.29, 0.717) is 5.88 Å². The zero-order valence-corrected chi connectivity index (χ0v) is 10.2. The summed E-state index contributed by atoms with van der Waals surface area (Å²) in [6.07, 6.45) is 0.179. The number of alkyl halides is 1. The topological polar surface area (TPSA) is 21.3 Å². The minimum Gasteiger partial charge on any atom is -0.412 e. The van der Waals surface area contributed by atoms with E-state index in [9.17, 15) is 0 Å². The van der Waals surface area contributed by atoms with E-state index in [1.54, 1.807) is 0 Å².